The number of piperazine rings is 1. The summed E-state index contributed by atoms with van der Waals surface area (Å²) < 4.78 is 1.07. The Morgan fingerprint density at radius 1 is 1.12 bits per heavy atom. The van der Waals surface area contributed by atoms with Crippen molar-refractivity contribution in [2.45, 2.75) is 0 Å². The quantitative estimate of drug-likeness (QED) is 0.670. The van der Waals surface area contributed by atoms with Crippen LogP contribution < -0.4 is 15.5 Å². The first-order valence-corrected chi connectivity index (χ1v) is 9.79. The summed E-state index contributed by atoms with van der Waals surface area (Å²) >= 11 is 5.14. The molecule has 0 unspecified atom stereocenters. The zero-order chi connectivity index (χ0) is 17.1. The van der Waals surface area contributed by atoms with Gasteiger partial charge in [0, 0.05) is 54.8 Å². The number of halogens is 1. The molecule has 0 radical (unpaired) electrons. The topological polar surface area (TPSA) is 53.1 Å². The van der Waals surface area contributed by atoms with Gasteiger partial charge in [0.15, 0.2) is 5.13 Å². The van der Waals surface area contributed by atoms with Gasteiger partial charge in [-0.25, -0.2) is 9.97 Å². The monoisotopic (exact) mass is 415 g/mol. The van der Waals surface area contributed by atoms with E-state index in [-0.39, 0.29) is 0 Å². The number of rotatable bonds is 4. The van der Waals surface area contributed by atoms with Gasteiger partial charge < -0.3 is 15.5 Å². The van der Waals surface area contributed by atoms with E-state index >= 15 is 0 Å². The van der Waals surface area contributed by atoms with Crippen LogP contribution in [-0.2, 0) is 0 Å². The highest BCUT2D eigenvalue weighted by Crippen LogP contribution is 2.32. The van der Waals surface area contributed by atoms with E-state index in [1.54, 1.807) is 11.3 Å². The maximum atomic E-state index is 4.49. The predicted molar refractivity (Wildman–Crippen MR) is 108 cm³/mol. The van der Waals surface area contributed by atoms with Crippen LogP contribution in [0.5, 0.6) is 0 Å². The van der Waals surface area contributed by atoms with E-state index in [2.05, 4.69) is 65.7 Å². The first-order chi connectivity index (χ1) is 12.3. The van der Waals surface area contributed by atoms with E-state index in [0.29, 0.717) is 0 Å². The van der Waals surface area contributed by atoms with Gasteiger partial charge in [0.25, 0.3) is 0 Å². The number of anilines is 3. The first-order valence-electron chi connectivity index (χ1n) is 8.18. The predicted octanol–water partition coefficient (Wildman–Crippen LogP) is 4.12. The molecule has 0 bridgehead atoms. The fourth-order valence-corrected chi connectivity index (χ4v) is 4.04. The van der Waals surface area contributed by atoms with Gasteiger partial charge in [-0.2, -0.15) is 0 Å². The minimum absolute atomic E-state index is 0.825. The van der Waals surface area contributed by atoms with Crippen molar-refractivity contribution in [3.05, 3.63) is 53.3 Å². The zero-order valence-electron chi connectivity index (χ0n) is 13.6. The second kappa shape index (κ2) is 7.51. The molecule has 4 rings (SSSR count). The van der Waals surface area contributed by atoms with Crippen LogP contribution in [0.15, 0.2) is 53.3 Å². The van der Waals surface area contributed by atoms with Crippen LogP contribution in [0.25, 0.3) is 10.4 Å². The maximum Gasteiger partial charge on any atom is 0.188 e. The molecular formula is C18H18BrN5S. The molecule has 1 aromatic carbocycles. The zero-order valence-corrected chi connectivity index (χ0v) is 16.0. The minimum Gasteiger partial charge on any atom is -0.369 e. The molecule has 3 aromatic rings. The van der Waals surface area contributed by atoms with Crippen LogP contribution in [0.4, 0.5) is 16.6 Å². The van der Waals surface area contributed by atoms with Crippen molar-refractivity contribution in [3.8, 4) is 10.4 Å². The summed E-state index contributed by atoms with van der Waals surface area (Å²) in [5.41, 5.74) is 2.35. The molecule has 0 saturated carbocycles. The number of nitrogens with zero attached hydrogens (tertiary/aromatic N) is 3. The molecule has 7 heteroatoms. The van der Waals surface area contributed by atoms with E-state index in [9.17, 15) is 0 Å². The molecule has 1 aliphatic rings. The third kappa shape index (κ3) is 4.00. The van der Waals surface area contributed by atoms with Gasteiger partial charge in [0.05, 0.1) is 4.88 Å². The van der Waals surface area contributed by atoms with Crippen molar-refractivity contribution >= 4 is 43.9 Å². The molecule has 128 valence electrons. The molecule has 0 spiro atoms. The number of nitrogens with one attached hydrogen (secondary N) is 2. The molecule has 1 aliphatic heterocycles. The van der Waals surface area contributed by atoms with Crippen molar-refractivity contribution in [2.75, 3.05) is 36.4 Å². The van der Waals surface area contributed by atoms with Gasteiger partial charge in [0.1, 0.15) is 5.82 Å². The Morgan fingerprint density at radius 2 is 2.00 bits per heavy atom. The second-order valence-corrected chi connectivity index (χ2v) is 7.75. The number of thiazole rings is 1. The van der Waals surface area contributed by atoms with E-state index in [1.807, 2.05) is 24.5 Å². The van der Waals surface area contributed by atoms with Crippen LogP contribution in [0.1, 0.15) is 0 Å². The number of pyridine rings is 1. The van der Waals surface area contributed by atoms with E-state index in [1.165, 1.54) is 5.69 Å². The smallest absolute Gasteiger partial charge is 0.188 e. The van der Waals surface area contributed by atoms with Crippen molar-refractivity contribution in [1.29, 1.82) is 0 Å². The van der Waals surface area contributed by atoms with Crippen LogP contribution in [0.2, 0.25) is 0 Å². The van der Waals surface area contributed by atoms with Gasteiger partial charge in [-0.15, -0.1) is 0 Å². The molecule has 2 aromatic heterocycles. The molecule has 2 N–H and O–H groups in total. The molecule has 1 fully saturated rings. The Morgan fingerprint density at radius 3 is 2.84 bits per heavy atom. The Bertz CT molecular complexity index is 860. The van der Waals surface area contributed by atoms with E-state index < -0.39 is 0 Å². The van der Waals surface area contributed by atoms with Gasteiger partial charge in [0.2, 0.25) is 0 Å². The van der Waals surface area contributed by atoms with Gasteiger partial charge >= 0.3 is 0 Å². The average Bonchev–Trinajstić information content (AvgIpc) is 3.11. The lowest BCUT2D eigenvalue weighted by Gasteiger charge is -2.29. The summed E-state index contributed by atoms with van der Waals surface area (Å²) in [6.45, 7) is 4.09. The molecule has 0 aliphatic carbocycles. The summed E-state index contributed by atoms with van der Waals surface area (Å²) in [5.74, 6) is 0.825. The van der Waals surface area contributed by atoms with Crippen molar-refractivity contribution < 1.29 is 0 Å². The molecule has 1 saturated heterocycles. The number of benzene rings is 1. The third-order valence-corrected chi connectivity index (χ3v) is 5.53. The normalized spacial score (nSPS) is 14.5. The Balaban J connectivity index is 1.51. The number of hydrogen-bond donors (Lipinski definition) is 2. The van der Waals surface area contributed by atoms with Gasteiger partial charge in [-0.3, -0.25) is 0 Å². The molecule has 5 nitrogen and oxygen atoms in total. The van der Waals surface area contributed by atoms with Crippen molar-refractivity contribution in [1.82, 2.24) is 15.3 Å². The lowest BCUT2D eigenvalue weighted by molar-refractivity contribution is 0.589. The number of aromatic nitrogens is 2. The summed E-state index contributed by atoms with van der Waals surface area (Å²) in [7, 11) is 0. The van der Waals surface area contributed by atoms with Crippen LogP contribution >= 0.6 is 27.3 Å². The first kappa shape index (κ1) is 16.5. The third-order valence-electron chi connectivity index (χ3n) is 4.08. The van der Waals surface area contributed by atoms with E-state index in [0.717, 1.165) is 52.0 Å². The highest BCUT2D eigenvalue weighted by atomic mass is 79.9. The lowest BCUT2D eigenvalue weighted by Crippen LogP contribution is -2.43. The summed E-state index contributed by atoms with van der Waals surface area (Å²) in [6, 6.07) is 12.4. The molecule has 3 heterocycles. The summed E-state index contributed by atoms with van der Waals surface area (Å²) in [6.07, 6.45) is 3.75. The van der Waals surface area contributed by atoms with Crippen molar-refractivity contribution in [3.63, 3.8) is 0 Å². The fraction of sp³-hybridized carbons (Fsp3) is 0.222. The van der Waals surface area contributed by atoms with Gasteiger partial charge in [-0.05, 0) is 23.8 Å². The largest absolute Gasteiger partial charge is 0.369 e. The Hall–Kier alpha value is -1.96. The van der Waals surface area contributed by atoms with Crippen LogP contribution in [0.3, 0.4) is 0 Å². The highest BCUT2D eigenvalue weighted by Gasteiger charge is 2.12. The lowest BCUT2D eigenvalue weighted by atomic mass is 10.2. The average molecular weight is 416 g/mol. The highest BCUT2D eigenvalue weighted by molar-refractivity contribution is 9.10. The summed E-state index contributed by atoms with van der Waals surface area (Å²) in [4.78, 5) is 12.4. The van der Waals surface area contributed by atoms with Crippen LogP contribution in [0, 0.1) is 0 Å². The SMILES string of the molecule is Brc1cccc(-c2cnc(Nc3cc(N4CCNCC4)ccn3)s2)c1. The maximum absolute atomic E-state index is 4.49. The van der Waals surface area contributed by atoms with Crippen LogP contribution in [-0.4, -0.2) is 36.1 Å². The number of hydrogen-bond acceptors (Lipinski definition) is 6. The Kier molecular flexibility index (Phi) is 4.96. The van der Waals surface area contributed by atoms with Gasteiger partial charge in [-0.1, -0.05) is 39.4 Å². The molecule has 25 heavy (non-hydrogen) atoms. The molecule has 0 amide bonds. The minimum atomic E-state index is 0.825. The second-order valence-electron chi connectivity index (χ2n) is 5.80. The van der Waals surface area contributed by atoms with Crippen molar-refractivity contribution in [2.24, 2.45) is 0 Å². The molecule has 0 atom stereocenters. The summed E-state index contributed by atoms with van der Waals surface area (Å²) in [5, 5.41) is 7.55. The molecular weight excluding hydrogens is 398 g/mol. The Labute approximate surface area is 159 Å². The van der Waals surface area contributed by atoms with E-state index in [4.69, 9.17) is 0 Å². The standard InChI is InChI=1S/C18H18BrN5S/c19-14-3-1-2-13(10-14)16-12-22-18(25-16)23-17-11-15(4-5-21-17)24-8-6-20-7-9-24/h1-5,10-12,20H,6-9H2,(H,21,22,23). The fourth-order valence-electron chi connectivity index (χ4n) is 2.82.